The topological polar surface area (TPSA) is 88.6 Å². The smallest absolute Gasteiger partial charge is 0.316 e. The summed E-state index contributed by atoms with van der Waals surface area (Å²) < 4.78 is 5.31. The van der Waals surface area contributed by atoms with Gasteiger partial charge in [-0.25, -0.2) is 4.79 Å². The number of rotatable bonds is 4. The summed E-state index contributed by atoms with van der Waals surface area (Å²) in [4.78, 5) is 24.9. The van der Waals surface area contributed by atoms with E-state index in [2.05, 4.69) is 5.32 Å². The molecule has 21 heavy (non-hydrogen) atoms. The van der Waals surface area contributed by atoms with Crippen molar-refractivity contribution in [3.8, 4) is 0 Å². The molecule has 0 aliphatic carbocycles. The zero-order chi connectivity index (χ0) is 15.4. The van der Waals surface area contributed by atoms with Gasteiger partial charge in [0.15, 0.2) is 0 Å². The Morgan fingerprint density at radius 1 is 1.29 bits per heavy atom. The lowest BCUT2D eigenvalue weighted by Gasteiger charge is -2.23. The number of primary amides is 1. The van der Waals surface area contributed by atoms with Gasteiger partial charge >= 0.3 is 6.03 Å². The maximum Gasteiger partial charge on any atom is 0.316 e. The molecule has 1 unspecified atom stereocenters. The number of anilines is 1. The van der Waals surface area contributed by atoms with Crippen LogP contribution in [0.25, 0.3) is 0 Å². The van der Waals surface area contributed by atoms with E-state index in [-0.39, 0.29) is 11.9 Å². The first-order valence-electron chi connectivity index (χ1n) is 6.46. The van der Waals surface area contributed by atoms with E-state index in [1.165, 1.54) is 0 Å². The maximum absolute atomic E-state index is 12.5. The molecule has 0 spiro atoms. The summed E-state index contributed by atoms with van der Waals surface area (Å²) in [5.74, 6) is 0.532. The molecular formula is C15H17N3O3. The molecule has 0 aliphatic rings. The lowest BCUT2D eigenvalue weighted by atomic mass is 10.1. The molecule has 2 aromatic rings. The molecule has 3 amide bonds. The molecule has 0 radical (unpaired) electrons. The number of carbonyl (C=O) groups is 2. The minimum absolute atomic E-state index is 0.174. The number of amides is 3. The predicted molar refractivity (Wildman–Crippen MR) is 78.9 cm³/mol. The third kappa shape index (κ3) is 3.42. The van der Waals surface area contributed by atoms with Crippen LogP contribution in [-0.2, 0) is 0 Å². The average Bonchev–Trinajstić information content (AvgIpc) is 2.98. The van der Waals surface area contributed by atoms with E-state index in [0.717, 1.165) is 0 Å². The molecule has 0 bridgehead atoms. The van der Waals surface area contributed by atoms with Crippen molar-refractivity contribution >= 4 is 17.6 Å². The highest BCUT2D eigenvalue weighted by Gasteiger charge is 2.20. The number of benzene rings is 1. The predicted octanol–water partition coefficient (Wildman–Crippen LogP) is 2.60. The third-order valence-corrected chi connectivity index (χ3v) is 3.23. The van der Waals surface area contributed by atoms with Gasteiger partial charge in [-0.3, -0.25) is 4.79 Å². The highest BCUT2D eigenvalue weighted by Crippen LogP contribution is 2.22. The normalized spacial score (nSPS) is 11.7. The Bertz CT molecular complexity index is 637. The van der Waals surface area contributed by atoms with E-state index in [9.17, 15) is 9.59 Å². The van der Waals surface area contributed by atoms with Gasteiger partial charge in [-0.1, -0.05) is 6.07 Å². The lowest BCUT2D eigenvalue weighted by Crippen LogP contribution is -2.29. The second-order valence-electron chi connectivity index (χ2n) is 4.68. The summed E-state index contributed by atoms with van der Waals surface area (Å²) in [6.07, 6.45) is 1.57. The summed E-state index contributed by atoms with van der Waals surface area (Å²) in [7, 11) is 1.70. The average molecular weight is 287 g/mol. The zero-order valence-electron chi connectivity index (χ0n) is 11.9. The van der Waals surface area contributed by atoms with Crippen LogP contribution >= 0.6 is 0 Å². The van der Waals surface area contributed by atoms with E-state index in [4.69, 9.17) is 10.2 Å². The number of nitrogens with two attached hydrogens (primary N) is 1. The van der Waals surface area contributed by atoms with Gasteiger partial charge in [0.05, 0.1) is 12.3 Å². The summed E-state index contributed by atoms with van der Waals surface area (Å²) in [6.45, 7) is 1.88. The number of hydrogen-bond acceptors (Lipinski definition) is 3. The second kappa shape index (κ2) is 6.13. The van der Waals surface area contributed by atoms with Gasteiger partial charge in [0.1, 0.15) is 5.76 Å². The van der Waals surface area contributed by atoms with Gasteiger partial charge in [-0.05, 0) is 37.3 Å². The number of nitrogens with zero attached hydrogens (tertiary/aromatic N) is 1. The van der Waals surface area contributed by atoms with Crippen molar-refractivity contribution in [1.29, 1.82) is 0 Å². The first-order valence-corrected chi connectivity index (χ1v) is 6.46. The van der Waals surface area contributed by atoms with E-state index in [1.54, 1.807) is 48.5 Å². The van der Waals surface area contributed by atoms with Gasteiger partial charge in [0.2, 0.25) is 0 Å². The van der Waals surface area contributed by atoms with Gasteiger partial charge < -0.3 is 20.4 Å². The largest absolute Gasteiger partial charge is 0.467 e. The first kappa shape index (κ1) is 14.6. The molecular weight excluding hydrogens is 270 g/mol. The molecule has 6 heteroatoms. The number of furan rings is 1. The van der Waals surface area contributed by atoms with E-state index >= 15 is 0 Å². The monoisotopic (exact) mass is 287 g/mol. The number of nitrogens with one attached hydrogen (secondary N) is 1. The Morgan fingerprint density at radius 2 is 2.05 bits per heavy atom. The SMILES string of the molecule is CC(c1ccco1)N(C)C(=O)c1cccc(NC(N)=O)c1. The Morgan fingerprint density at radius 3 is 2.67 bits per heavy atom. The molecule has 1 aromatic heterocycles. The van der Waals surface area contributed by atoms with Gasteiger partial charge in [-0.15, -0.1) is 0 Å². The quantitative estimate of drug-likeness (QED) is 0.905. The molecule has 0 saturated heterocycles. The molecule has 110 valence electrons. The molecule has 0 aliphatic heterocycles. The second-order valence-corrected chi connectivity index (χ2v) is 4.68. The minimum atomic E-state index is -0.670. The molecule has 1 aromatic carbocycles. The van der Waals surface area contributed by atoms with E-state index < -0.39 is 6.03 Å². The van der Waals surface area contributed by atoms with Crippen LogP contribution in [-0.4, -0.2) is 23.9 Å². The summed E-state index contributed by atoms with van der Waals surface area (Å²) in [6, 6.07) is 9.35. The highest BCUT2D eigenvalue weighted by atomic mass is 16.3. The van der Waals surface area contributed by atoms with Crippen LogP contribution in [0.2, 0.25) is 0 Å². The van der Waals surface area contributed by atoms with Crippen LogP contribution in [0.4, 0.5) is 10.5 Å². The Hall–Kier alpha value is -2.76. The van der Waals surface area contributed by atoms with Crippen LogP contribution in [0.3, 0.4) is 0 Å². The van der Waals surface area contributed by atoms with Crippen molar-refractivity contribution in [2.24, 2.45) is 5.73 Å². The van der Waals surface area contributed by atoms with E-state index in [0.29, 0.717) is 17.0 Å². The molecule has 0 saturated carbocycles. The fourth-order valence-electron chi connectivity index (χ4n) is 1.97. The summed E-state index contributed by atoms with van der Waals surface area (Å²) in [5, 5.41) is 2.45. The van der Waals surface area contributed by atoms with Gasteiger partial charge in [0.25, 0.3) is 5.91 Å². The van der Waals surface area contributed by atoms with Crippen LogP contribution in [0.1, 0.15) is 29.1 Å². The number of urea groups is 1. The fourth-order valence-corrected chi connectivity index (χ4v) is 1.97. The summed E-state index contributed by atoms with van der Waals surface area (Å²) in [5.41, 5.74) is 6.00. The highest BCUT2D eigenvalue weighted by molar-refractivity contribution is 5.96. The van der Waals surface area contributed by atoms with Crippen molar-refractivity contribution in [2.45, 2.75) is 13.0 Å². The van der Waals surface area contributed by atoms with Gasteiger partial charge in [0, 0.05) is 18.3 Å². The van der Waals surface area contributed by atoms with Crippen molar-refractivity contribution < 1.29 is 14.0 Å². The minimum Gasteiger partial charge on any atom is -0.467 e. The number of carbonyl (C=O) groups excluding carboxylic acids is 2. The van der Waals surface area contributed by atoms with Crippen LogP contribution in [0.15, 0.2) is 47.1 Å². The molecule has 0 fully saturated rings. The Kier molecular flexibility index (Phi) is 4.27. The Balaban J connectivity index is 2.17. The molecule has 1 heterocycles. The Labute approximate surface area is 122 Å². The van der Waals surface area contributed by atoms with Crippen molar-refractivity contribution in [3.63, 3.8) is 0 Å². The number of hydrogen-bond donors (Lipinski definition) is 2. The molecule has 6 nitrogen and oxygen atoms in total. The van der Waals surface area contributed by atoms with Crippen LogP contribution in [0, 0.1) is 0 Å². The van der Waals surface area contributed by atoms with Gasteiger partial charge in [-0.2, -0.15) is 0 Å². The fraction of sp³-hybridized carbons (Fsp3) is 0.200. The third-order valence-electron chi connectivity index (χ3n) is 3.23. The molecule has 3 N–H and O–H groups in total. The van der Waals surface area contributed by atoms with Crippen molar-refractivity contribution in [1.82, 2.24) is 4.90 Å². The first-order chi connectivity index (χ1) is 9.99. The molecule has 2 rings (SSSR count). The van der Waals surface area contributed by atoms with Crippen molar-refractivity contribution in [3.05, 3.63) is 54.0 Å². The van der Waals surface area contributed by atoms with E-state index in [1.807, 2.05) is 13.0 Å². The maximum atomic E-state index is 12.5. The van der Waals surface area contributed by atoms with Crippen molar-refractivity contribution in [2.75, 3.05) is 12.4 Å². The zero-order valence-corrected chi connectivity index (χ0v) is 11.9. The summed E-state index contributed by atoms with van der Waals surface area (Å²) >= 11 is 0. The van der Waals surface area contributed by atoms with Crippen LogP contribution < -0.4 is 11.1 Å². The van der Waals surface area contributed by atoms with Crippen LogP contribution in [0.5, 0.6) is 0 Å². The standard InChI is InChI=1S/C15H17N3O3/c1-10(13-7-4-8-21-13)18(2)14(19)11-5-3-6-12(9-11)17-15(16)20/h3-10H,1-2H3,(H3,16,17,20). The molecule has 1 atom stereocenters. The lowest BCUT2D eigenvalue weighted by molar-refractivity contribution is 0.0726.